The molecule has 0 radical (unpaired) electrons. The summed E-state index contributed by atoms with van der Waals surface area (Å²) >= 11 is 0. The van der Waals surface area contributed by atoms with Gasteiger partial charge in [0, 0.05) is 0 Å². The first-order valence-electron chi connectivity index (χ1n) is 9.46. The lowest BCUT2D eigenvalue weighted by Crippen LogP contribution is -2.07. The van der Waals surface area contributed by atoms with Gasteiger partial charge in [-0.1, -0.05) is 63.6 Å². The van der Waals surface area contributed by atoms with Gasteiger partial charge in [0.05, 0.1) is 11.4 Å². The maximum atomic E-state index is 6.08. The Balaban J connectivity index is 1.63. The lowest BCUT2D eigenvalue weighted by molar-refractivity contribution is 0.480. The molecular formula is C22H29NO. The molecule has 128 valence electrons. The van der Waals surface area contributed by atoms with E-state index >= 15 is 0 Å². The van der Waals surface area contributed by atoms with Crippen molar-refractivity contribution in [3.63, 3.8) is 0 Å². The largest absolute Gasteiger partial charge is 0.453 e. The van der Waals surface area contributed by atoms with Gasteiger partial charge < -0.3 is 10.1 Å². The number of benzene rings is 2. The van der Waals surface area contributed by atoms with Crippen LogP contribution < -0.4 is 10.1 Å². The Kier molecular flexibility index (Phi) is 5.79. The standard InChI is InChI=1S/C22H29NO/c1-3-4-5-6-7-8-9-12-18-17(2)15-16-21-22(18)23-19-13-10-11-14-20(19)24-21/h10-11,13-16,23H,3-9,12H2,1-2H3. The summed E-state index contributed by atoms with van der Waals surface area (Å²) in [7, 11) is 0. The summed E-state index contributed by atoms with van der Waals surface area (Å²) in [6.45, 7) is 4.48. The molecule has 1 aliphatic heterocycles. The number of unbranched alkanes of at least 4 members (excludes halogenated alkanes) is 6. The van der Waals surface area contributed by atoms with Crippen LogP contribution >= 0.6 is 0 Å². The Bertz CT molecular complexity index is 678. The van der Waals surface area contributed by atoms with Crippen molar-refractivity contribution >= 4 is 11.4 Å². The number of para-hydroxylation sites is 2. The summed E-state index contributed by atoms with van der Waals surface area (Å²) < 4.78 is 6.08. The third-order valence-electron chi connectivity index (χ3n) is 4.91. The van der Waals surface area contributed by atoms with Crippen molar-refractivity contribution < 1.29 is 4.74 Å². The van der Waals surface area contributed by atoms with Crippen LogP contribution in [0.1, 0.15) is 63.0 Å². The topological polar surface area (TPSA) is 21.3 Å². The lowest BCUT2D eigenvalue weighted by Gasteiger charge is -2.25. The third kappa shape index (κ3) is 3.92. The molecule has 0 fully saturated rings. The number of hydrogen-bond acceptors (Lipinski definition) is 2. The van der Waals surface area contributed by atoms with Gasteiger partial charge >= 0.3 is 0 Å². The van der Waals surface area contributed by atoms with Gasteiger partial charge in [-0.05, 0) is 49.1 Å². The van der Waals surface area contributed by atoms with E-state index in [1.54, 1.807) is 0 Å². The monoisotopic (exact) mass is 323 g/mol. The van der Waals surface area contributed by atoms with Gasteiger partial charge in [0.2, 0.25) is 0 Å². The van der Waals surface area contributed by atoms with Gasteiger partial charge in [-0.25, -0.2) is 0 Å². The number of nitrogens with one attached hydrogen (secondary N) is 1. The molecule has 0 saturated heterocycles. The number of ether oxygens (including phenoxy) is 1. The average molecular weight is 323 g/mol. The second-order valence-electron chi connectivity index (χ2n) is 6.83. The average Bonchev–Trinajstić information content (AvgIpc) is 2.61. The molecule has 0 saturated carbocycles. The van der Waals surface area contributed by atoms with E-state index in [2.05, 4.69) is 37.4 Å². The molecule has 0 aliphatic carbocycles. The van der Waals surface area contributed by atoms with Crippen molar-refractivity contribution in [2.75, 3.05) is 5.32 Å². The van der Waals surface area contributed by atoms with E-state index in [4.69, 9.17) is 4.74 Å². The molecule has 0 spiro atoms. The zero-order chi connectivity index (χ0) is 16.8. The third-order valence-corrected chi connectivity index (χ3v) is 4.91. The molecule has 24 heavy (non-hydrogen) atoms. The highest BCUT2D eigenvalue weighted by molar-refractivity contribution is 5.78. The number of rotatable bonds is 8. The van der Waals surface area contributed by atoms with Gasteiger partial charge in [-0.3, -0.25) is 0 Å². The van der Waals surface area contributed by atoms with Crippen LogP contribution in [0.2, 0.25) is 0 Å². The maximum Gasteiger partial charge on any atom is 0.151 e. The second-order valence-corrected chi connectivity index (χ2v) is 6.83. The molecule has 2 aromatic carbocycles. The number of anilines is 2. The minimum Gasteiger partial charge on any atom is -0.453 e. The van der Waals surface area contributed by atoms with Crippen molar-refractivity contribution in [1.82, 2.24) is 0 Å². The van der Waals surface area contributed by atoms with Gasteiger partial charge in [0.25, 0.3) is 0 Å². The van der Waals surface area contributed by atoms with E-state index in [9.17, 15) is 0 Å². The van der Waals surface area contributed by atoms with E-state index in [0.717, 1.165) is 23.6 Å². The smallest absolute Gasteiger partial charge is 0.151 e. The Hall–Kier alpha value is -1.96. The van der Waals surface area contributed by atoms with Gasteiger partial charge in [0.1, 0.15) is 0 Å². The second kappa shape index (κ2) is 8.23. The van der Waals surface area contributed by atoms with E-state index in [1.165, 1.54) is 61.8 Å². The number of hydrogen-bond donors (Lipinski definition) is 1. The van der Waals surface area contributed by atoms with Crippen LogP contribution in [0, 0.1) is 6.92 Å². The summed E-state index contributed by atoms with van der Waals surface area (Å²) in [4.78, 5) is 0. The molecule has 0 unspecified atom stereocenters. The Morgan fingerprint density at radius 3 is 2.42 bits per heavy atom. The first-order chi connectivity index (χ1) is 11.8. The lowest BCUT2D eigenvalue weighted by atomic mass is 9.98. The SMILES string of the molecule is CCCCCCCCCc1c(C)ccc2c1Nc1ccccc1O2. The van der Waals surface area contributed by atoms with Crippen LogP contribution in [0.15, 0.2) is 36.4 Å². The zero-order valence-electron chi connectivity index (χ0n) is 15.0. The fraction of sp³-hybridized carbons (Fsp3) is 0.455. The predicted molar refractivity (Wildman–Crippen MR) is 103 cm³/mol. The van der Waals surface area contributed by atoms with Gasteiger partial charge in [0.15, 0.2) is 11.5 Å². The molecule has 1 aliphatic rings. The molecule has 0 amide bonds. The molecule has 0 aromatic heterocycles. The van der Waals surface area contributed by atoms with Crippen molar-refractivity contribution in [3.8, 4) is 11.5 Å². The van der Waals surface area contributed by atoms with Gasteiger partial charge in [-0.2, -0.15) is 0 Å². The van der Waals surface area contributed by atoms with Crippen LogP contribution in [0.5, 0.6) is 11.5 Å². The minimum atomic E-state index is 0.913. The number of aryl methyl sites for hydroxylation is 1. The Labute approximate surface area is 146 Å². The van der Waals surface area contributed by atoms with E-state index in [1.807, 2.05) is 18.2 Å². The van der Waals surface area contributed by atoms with Crippen LogP contribution in [0.25, 0.3) is 0 Å². The highest BCUT2D eigenvalue weighted by Crippen LogP contribution is 2.44. The van der Waals surface area contributed by atoms with Crippen molar-refractivity contribution in [3.05, 3.63) is 47.5 Å². The highest BCUT2D eigenvalue weighted by atomic mass is 16.5. The Morgan fingerprint density at radius 2 is 1.58 bits per heavy atom. The zero-order valence-corrected chi connectivity index (χ0v) is 15.0. The molecule has 0 bridgehead atoms. The summed E-state index contributed by atoms with van der Waals surface area (Å²) in [5, 5.41) is 3.59. The molecule has 3 rings (SSSR count). The Morgan fingerprint density at radius 1 is 0.833 bits per heavy atom. The molecule has 0 atom stereocenters. The van der Waals surface area contributed by atoms with Crippen LogP contribution in [0.4, 0.5) is 11.4 Å². The molecule has 2 heteroatoms. The molecule has 1 N–H and O–H groups in total. The number of fused-ring (bicyclic) bond motifs is 2. The fourth-order valence-corrected chi connectivity index (χ4v) is 3.45. The highest BCUT2D eigenvalue weighted by Gasteiger charge is 2.19. The fourth-order valence-electron chi connectivity index (χ4n) is 3.45. The first kappa shape index (κ1) is 16.9. The van der Waals surface area contributed by atoms with Crippen LogP contribution in [-0.4, -0.2) is 0 Å². The van der Waals surface area contributed by atoms with Crippen molar-refractivity contribution in [2.45, 2.75) is 65.2 Å². The molecule has 1 heterocycles. The van der Waals surface area contributed by atoms with E-state index < -0.39 is 0 Å². The van der Waals surface area contributed by atoms with E-state index in [0.29, 0.717) is 0 Å². The minimum absolute atomic E-state index is 0.913. The van der Waals surface area contributed by atoms with Crippen molar-refractivity contribution in [2.24, 2.45) is 0 Å². The van der Waals surface area contributed by atoms with E-state index in [-0.39, 0.29) is 0 Å². The summed E-state index contributed by atoms with van der Waals surface area (Å²) in [5.74, 6) is 1.87. The maximum absolute atomic E-state index is 6.08. The van der Waals surface area contributed by atoms with Crippen LogP contribution in [0.3, 0.4) is 0 Å². The first-order valence-corrected chi connectivity index (χ1v) is 9.46. The summed E-state index contributed by atoms with van der Waals surface area (Å²) in [6, 6.07) is 12.4. The quantitative estimate of drug-likeness (QED) is 0.445. The predicted octanol–water partition coefficient (Wildman–Crippen LogP) is 7.14. The normalized spacial score (nSPS) is 12.1. The molecule has 2 aromatic rings. The molecular weight excluding hydrogens is 294 g/mol. The molecule has 2 nitrogen and oxygen atoms in total. The van der Waals surface area contributed by atoms with Crippen molar-refractivity contribution in [1.29, 1.82) is 0 Å². The summed E-state index contributed by atoms with van der Waals surface area (Å²) in [6.07, 6.45) is 10.5. The van der Waals surface area contributed by atoms with Gasteiger partial charge in [-0.15, -0.1) is 0 Å². The van der Waals surface area contributed by atoms with Crippen LogP contribution in [-0.2, 0) is 6.42 Å². The summed E-state index contributed by atoms with van der Waals surface area (Å²) in [5.41, 5.74) is 5.00.